The molecule has 0 aliphatic carbocycles. The first kappa shape index (κ1) is 26.7. The molecule has 0 aliphatic rings. The number of benzene rings is 1. The zero-order chi connectivity index (χ0) is 21.4. The Morgan fingerprint density at radius 2 is 1.83 bits per heavy atom. The van der Waals surface area contributed by atoms with Crippen LogP contribution in [0, 0.1) is 5.92 Å². The van der Waals surface area contributed by atoms with E-state index >= 15 is 0 Å². The molecule has 0 spiro atoms. The van der Waals surface area contributed by atoms with Gasteiger partial charge in [-0.05, 0) is 49.6 Å². The number of thiophene rings is 1. The van der Waals surface area contributed by atoms with Gasteiger partial charge in [0.2, 0.25) is 10.0 Å². The van der Waals surface area contributed by atoms with Crippen molar-refractivity contribution in [2.75, 3.05) is 13.2 Å². The quantitative estimate of drug-likeness (QED) is 0.243. The topological polar surface area (TPSA) is 106 Å². The van der Waals surface area contributed by atoms with Crippen LogP contribution in [0.25, 0.3) is 0 Å². The Labute approximate surface area is 200 Å². The molecule has 0 fully saturated rings. The van der Waals surface area contributed by atoms with Crippen LogP contribution in [0.2, 0.25) is 0 Å². The van der Waals surface area contributed by atoms with E-state index in [-0.39, 0.29) is 34.2 Å². The lowest BCUT2D eigenvalue weighted by Gasteiger charge is -2.18. The number of guanidine groups is 1. The first-order valence-electron chi connectivity index (χ1n) is 9.58. The maximum Gasteiger partial charge on any atom is 0.247 e. The van der Waals surface area contributed by atoms with E-state index < -0.39 is 10.0 Å². The number of halogens is 1. The summed E-state index contributed by atoms with van der Waals surface area (Å²) in [5, 5.41) is 11.7. The van der Waals surface area contributed by atoms with E-state index in [1.54, 1.807) is 6.07 Å². The highest BCUT2D eigenvalue weighted by molar-refractivity contribution is 14.0. The van der Waals surface area contributed by atoms with Crippen LogP contribution in [0.1, 0.15) is 44.2 Å². The summed E-state index contributed by atoms with van der Waals surface area (Å²) >= 11 is 1.13. The fourth-order valence-electron chi connectivity index (χ4n) is 2.48. The van der Waals surface area contributed by atoms with Gasteiger partial charge in [0, 0.05) is 11.4 Å². The summed E-state index contributed by atoms with van der Waals surface area (Å²) in [6.45, 7) is 10.1. The van der Waals surface area contributed by atoms with Crippen LogP contribution >= 0.6 is 35.3 Å². The molecule has 10 heteroatoms. The van der Waals surface area contributed by atoms with Gasteiger partial charge in [0.05, 0.1) is 19.2 Å². The number of nitrogens with one attached hydrogen (secondary N) is 2. The normalized spacial score (nSPS) is 12.9. The monoisotopic (exact) mass is 566 g/mol. The van der Waals surface area contributed by atoms with Gasteiger partial charge < -0.3 is 15.4 Å². The van der Waals surface area contributed by atoms with Gasteiger partial charge in [0.1, 0.15) is 9.96 Å². The minimum atomic E-state index is -3.67. The Bertz CT molecular complexity index is 912. The Morgan fingerprint density at radius 1 is 1.17 bits per heavy atom. The van der Waals surface area contributed by atoms with Crippen molar-refractivity contribution in [1.29, 1.82) is 0 Å². The van der Waals surface area contributed by atoms with Gasteiger partial charge >= 0.3 is 0 Å². The number of sulfonamides is 1. The Balaban J connectivity index is 0.00000450. The van der Waals surface area contributed by atoms with Gasteiger partial charge in [-0.3, -0.25) is 0 Å². The summed E-state index contributed by atoms with van der Waals surface area (Å²) in [6.07, 6.45) is 0. The van der Waals surface area contributed by atoms with Crippen molar-refractivity contribution in [2.45, 2.75) is 44.5 Å². The maximum absolute atomic E-state index is 11.4. The third kappa shape index (κ3) is 8.78. The summed E-state index contributed by atoms with van der Waals surface area (Å²) in [5.41, 5.74) is 1.11. The van der Waals surface area contributed by atoms with Gasteiger partial charge in [-0.2, -0.15) is 0 Å². The third-order valence-corrected chi connectivity index (χ3v) is 6.48. The summed E-state index contributed by atoms with van der Waals surface area (Å²) in [4.78, 5) is 5.38. The predicted molar refractivity (Wildman–Crippen MR) is 134 cm³/mol. The SMILES string of the molecule is CCNC(=NCc1ccc(S(N)(=O)=O)s1)NC(C)c1ccc(OCC(C)C)cc1.I. The molecule has 0 saturated carbocycles. The lowest BCUT2D eigenvalue weighted by atomic mass is 10.1. The van der Waals surface area contributed by atoms with Crippen LogP contribution in [-0.2, 0) is 16.6 Å². The molecule has 2 rings (SSSR count). The Morgan fingerprint density at radius 3 is 2.37 bits per heavy atom. The molecule has 1 aromatic heterocycles. The average molecular weight is 567 g/mol. The minimum absolute atomic E-state index is 0. The molecule has 1 unspecified atom stereocenters. The second-order valence-electron chi connectivity index (χ2n) is 7.10. The van der Waals surface area contributed by atoms with Gasteiger partial charge in [-0.15, -0.1) is 35.3 Å². The second kappa shape index (κ2) is 12.5. The predicted octanol–water partition coefficient (Wildman–Crippen LogP) is 3.86. The third-order valence-electron chi connectivity index (χ3n) is 3.97. The van der Waals surface area contributed by atoms with Crippen molar-refractivity contribution in [3.63, 3.8) is 0 Å². The zero-order valence-corrected chi connectivity index (χ0v) is 21.7. The zero-order valence-electron chi connectivity index (χ0n) is 17.7. The average Bonchev–Trinajstić information content (AvgIpc) is 3.14. The van der Waals surface area contributed by atoms with Crippen molar-refractivity contribution >= 4 is 51.3 Å². The van der Waals surface area contributed by atoms with Crippen molar-refractivity contribution in [1.82, 2.24) is 10.6 Å². The van der Waals surface area contributed by atoms with Crippen LogP contribution < -0.4 is 20.5 Å². The highest BCUT2D eigenvalue weighted by Gasteiger charge is 2.12. The number of aliphatic imine (C=N–C) groups is 1. The molecule has 0 amide bonds. The second-order valence-corrected chi connectivity index (χ2v) is 10.1. The first-order chi connectivity index (χ1) is 13.7. The summed E-state index contributed by atoms with van der Waals surface area (Å²) in [6, 6.07) is 11.3. The molecule has 0 radical (unpaired) electrons. The number of ether oxygens (including phenoxy) is 1. The summed E-state index contributed by atoms with van der Waals surface area (Å²) in [5.74, 6) is 2.00. The number of nitrogens with two attached hydrogens (primary N) is 1. The number of rotatable bonds is 9. The fourth-order valence-corrected chi connectivity index (χ4v) is 4.18. The van der Waals surface area contributed by atoms with Crippen LogP contribution in [0.4, 0.5) is 0 Å². The number of hydrogen-bond donors (Lipinski definition) is 3. The van der Waals surface area contributed by atoms with Crippen molar-refractivity contribution in [3.8, 4) is 5.75 Å². The summed E-state index contributed by atoms with van der Waals surface area (Å²) < 4.78 is 28.7. The van der Waals surface area contributed by atoms with Crippen LogP contribution in [0.15, 0.2) is 45.6 Å². The molecule has 0 saturated heterocycles. The molecule has 4 N–H and O–H groups in total. The number of hydrogen-bond acceptors (Lipinski definition) is 5. The molecular formula is C20H31IN4O3S2. The van der Waals surface area contributed by atoms with Gasteiger partial charge in [0.15, 0.2) is 5.96 Å². The molecule has 168 valence electrons. The van der Waals surface area contributed by atoms with E-state index in [1.807, 2.05) is 31.2 Å². The van der Waals surface area contributed by atoms with Gasteiger partial charge in [0.25, 0.3) is 0 Å². The molecular weight excluding hydrogens is 535 g/mol. The van der Waals surface area contributed by atoms with E-state index in [9.17, 15) is 8.42 Å². The molecule has 1 atom stereocenters. The maximum atomic E-state index is 11.4. The first-order valence-corrected chi connectivity index (χ1v) is 11.9. The van der Waals surface area contributed by atoms with Crippen molar-refractivity contribution < 1.29 is 13.2 Å². The Kier molecular flexibility index (Phi) is 11.1. The van der Waals surface area contributed by atoms with E-state index in [0.29, 0.717) is 31.6 Å². The summed E-state index contributed by atoms with van der Waals surface area (Å²) in [7, 11) is -3.67. The molecule has 2 aromatic rings. The lowest BCUT2D eigenvalue weighted by molar-refractivity contribution is 0.271. The highest BCUT2D eigenvalue weighted by Crippen LogP contribution is 2.21. The highest BCUT2D eigenvalue weighted by atomic mass is 127. The smallest absolute Gasteiger partial charge is 0.247 e. The fraction of sp³-hybridized carbons (Fsp3) is 0.450. The molecule has 1 heterocycles. The van der Waals surface area contributed by atoms with Crippen LogP contribution in [0.5, 0.6) is 5.75 Å². The molecule has 0 aliphatic heterocycles. The minimum Gasteiger partial charge on any atom is -0.493 e. The molecule has 30 heavy (non-hydrogen) atoms. The van der Waals surface area contributed by atoms with E-state index in [2.05, 4.69) is 36.4 Å². The van der Waals surface area contributed by atoms with Crippen LogP contribution in [-0.4, -0.2) is 27.5 Å². The van der Waals surface area contributed by atoms with E-state index in [4.69, 9.17) is 9.88 Å². The number of primary sulfonamides is 1. The number of nitrogens with zero attached hydrogens (tertiary/aromatic N) is 1. The van der Waals surface area contributed by atoms with Gasteiger partial charge in [-0.25, -0.2) is 18.5 Å². The lowest BCUT2D eigenvalue weighted by Crippen LogP contribution is -2.38. The van der Waals surface area contributed by atoms with Crippen molar-refractivity contribution in [2.24, 2.45) is 16.0 Å². The van der Waals surface area contributed by atoms with E-state index in [0.717, 1.165) is 27.5 Å². The van der Waals surface area contributed by atoms with E-state index in [1.165, 1.54) is 6.07 Å². The molecule has 0 bridgehead atoms. The molecule has 1 aromatic carbocycles. The standard InChI is InChI=1S/C20H30N4O3S2.HI/c1-5-22-20(23-12-18-10-11-19(28-18)29(21,25)26)24-15(4)16-6-8-17(9-7-16)27-13-14(2)3;/h6-11,14-15H,5,12-13H2,1-4H3,(H2,21,25,26)(H2,22,23,24);1H. The van der Waals surface area contributed by atoms with Crippen molar-refractivity contribution in [3.05, 3.63) is 46.8 Å². The van der Waals surface area contributed by atoms with Gasteiger partial charge in [-0.1, -0.05) is 26.0 Å². The largest absolute Gasteiger partial charge is 0.493 e. The molecule has 7 nitrogen and oxygen atoms in total. The van der Waals surface area contributed by atoms with Crippen LogP contribution in [0.3, 0.4) is 0 Å². The Hall–Kier alpha value is -1.37.